The normalized spacial score (nSPS) is 10.4. The van der Waals surface area contributed by atoms with Crippen molar-refractivity contribution in [1.82, 2.24) is 5.43 Å². The summed E-state index contributed by atoms with van der Waals surface area (Å²) >= 11 is 3.48. The van der Waals surface area contributed by atoms with Gasteiger partial charge in [0.15, 0.2) is 0 Å². The zero-order chi connectivity index (χ0) is 22.9. The first-order valence-corrected chi connectivity index (χ1v) is 10.4. The maximum absolute atomic E-state index is 12.2. The molecule has 2 amide bonds. The molecule has 7 nitrogen and oxygen atoms in total. The molecule has 0 fully saturated rings. The van der Waals surface area contributed by atoms with Gasteiger partial charge in [0.25, 0.3) is 5.91 Å². The second kappa shape index (κ2) is 10.9. The monoisotopic (exact) mass is 490 g/mol. The van der Waals surface area contributed by atoms with Crippen molar-refractivity contribution in [2.45, 2.75) is 13.5 Å². The molecule has 0 aliphatic rings. The van der Waals surface area contributed by atoms with Gasteiger partial charge >= 0.3 is 0 Å². The van der Waals surface area contributed by atoms with Crippen molar-refractivity contribution in [2.24, 2.45) is 5.10 Å². The largest absolute Gasteiger partial charge is 0.488 e. The number of ether oxygens (including phenoxy) is 1. The summed E-state index contributed by atoms with van der Waals surface area (Å²) in [7, 11) is 0. The van der Waals surface area contributed by atoms with E-state index >= 15 is 0 Å². The fourth-order valence-corrected chi connectivity index (χ4v) is 3.20. The third-order valence-corrected chi connectivity index (χ3v) is 4.90. The highest BCUT2D eigenvalue weighted by Gasteiger charge is 2.06. The van der Waals surface area contributed by atoms with E-state index < -0.39 is 0 Å². The summed E-state index contributed by atoms with van der Waals surface area (Å²) in [4.78, 5) is 23.2. The fraction of sp³-hybridized carbons (Fsp3) is 0.0833. The van der Waals surface area contributed by atoms with E-state index in [1.807, 2.05) is 24.3 Å². The first-order valence-electron chi connectivity index (χ1n) is 9.57. The third-order valence-electron chi connectivity index (χ3n) is 4.28. The van der Waals surface area contributed by atoms with Gasteiger partial charge in [0, 0.05) is 18.2 Å². The molecule has 0 bridgehead atoms. The predicted octanol–water partition coefficient (Wildman–Crippen LogP) is 4.62. The Morgan fingerprint density at radius 3 is 2.44 bits per heavy atom. The molecule has 160 valence electrons. The van der Waals surface area contributed by atoms with Gasteiger partial charge in [-0.05, 0) is 81.7 Å². The quantitative estimate of drug-likeness (QED) is 0.372. The van der Waals surface area contributed by atoms with Crippen LogP contribution in [0.2, 0.25) is 0 Å². The molecule has 0 radical (unpaired) electrons. The summed E-state index contributed by atoms with van der Waals surface area (Å²) < 4.78 is 6.56. The fourth-order valence-electron chi connectivity index (χ4n) is 2.69. The van der Waals surface area contributed by atoms with Crippen LogP contribution in [-0.4, -0.2) is 18.0 Å². The number of carbonyl (C=O) groups excluding carboxylic acids is 2. The number of hydrogen-bond acceptors (Lipinski definition) is 5. The van der Waals surface area contributed by atoms with E-state index in [1.165, 1.54) is 13.1 Å². The molecule has 0 aromatic heterocycles. The molecule has 3 aromatic rings. The first-order chi connectivity index (χ1) is 15.4. The number of nitriles is 1. The zero-order valence-corrected chi connectivity index (χ0v) is 18.7. The number of amides is 2. The van der Waals surface area contributed by atoms with Crippen LogP contribution < -0.4 is 15.5 Å². The van der Waals surface area contributed by atoms with Gasteiger partial charge in [0.2, 0.25) is 5.91 Å². The number of hydrazone groups is 1. The van der Waals surface area contributed by atoms with Crippen molar-refractivity contribution < 1.29 is 14.3 Å². The number of rotatable bonds is 7. The molecule has 0 atom stereocenters. The van der Waals surface area contributed by atoms with Crippen LogP contribution in [0.3, 0.4) is 0 Å². The molecule has 8 heteroatoms. The van der Waals surface area contributed by atoms with Crippen LogP contribution in [0.5, 0.6) is 5.75 Å². The van der Waals surface area contributed by atoms with E-state index in [-0.39, 0.29) is 11.8 Å². The van der Waals surface area contributed by atoms with E-state index in [9.17, 15) is 9.59 Å². The number of halogens is 1. The number of nitrogens with zero attached hydrogens (tertiary/aromatic N) is 2. The average molecular weight is 491 g/mol. The van der Waals surface area contributed by atoms with Crippen LogP contribution in [0.15, 0.2) is 76.3 Å². The van der Waals surface area contributed by atoms with Crippen molar-refractivity contribution in [3.8, 4) is 11.8 Å². The van der Waals surface area contributed by atoms with Gasteiger partial charge in [-0.1, -0.05) is 12.1 Å². The Bertz CT molecular complexity index is 1180. The highest BCUT2D eigenvalue weighted by molar-refractivity contribution is 9.10. The Balaban J connectivity index is 1.54. The van der Waals surface area contributed by atoms with E-state index in [1.54, 1.807) is 42.5 Å². The molecular weight excluding hydrogens is 472 g/mol. The van der Waals surface area contributed by atoms with Gasteiger partial charge in [0.1, 0.15) is 12.4 Å². The van der Waals surface area contributed by atoms with Crippen LogP contribution in [0.25, 0.3) is 0 Å². The Kier molecular flexibility index (Phi) is 7.73. The second-order valence-corrected chi connectivity index (χ2v) is 7.60. The molecule has 0 heterocycles. The van der Waals surface area contributed by atoms with E-state index in [0.29, 0.717) is 29.2 Å². The number of benzene rings is 3. The molecule has 0 aliphatic carbocycles. The lowest BCUT2D eigenvalue weighted by atomic mass is 10.1. The number of nitrogens with one attached hydrogen (secondary N) is 2. The number of hydrogen-bond donors (Lipinski definition) is 2. The molecule has 32 heavy (non-hydrogen) atoms. The highest BCUT2D eigenvalue weighted by Crippen LogP contribution is 2.26. The van der Waals surface area contributed by atoms with Crippen molar-refractivity contribution in [2.75, 3.05) is 5.32 Å². The predicted molar refractivity (Wildman–Crippen MR) is 125 cm³/mol. The van der Waals surface area contributed by atoms with Crippen molar-refractivity contribution in [3.05, 3.63) is 93.5 Å². The minimum absolute atomic E-state index is 0.177. The third kappa shape index (κ3) is 6.52. The molecule has 0 aliphatic heterocycles. The molecule has 0 unspecified atom stereocenters. The lowest BCUT2D eigenvalue weighted by Gasteiger charge is -2.09. The molecule has 3 rings (SSSR count). The van der Waals surface area contributed by atoms with Crippen molar-refractivity contribution in [1.29, 1.82) is 5.26 Å². The lowest BCUT2D eigenvalue weighted by Crippen LogP contribution is -2.17. The van der Waals surface area contributed by atoms with Crippen LogP contribution in [0.1, 0.15) is 34.0 Å². The van der Waals surface area contributed by atoms with Gasteiger partial charge in [0.05, 0.1) is 22.3 Å². The lowest BCUT2D eigenvalue weighted by molar-refractivity contribution is -0.114. The molecule has 0 saturated heterocycles. The summed E-state index contributed by atoms with van der Waals surface area (Å²) in [6, 6.07) is 21.2. The van der Waals surface area contributed by atoms with Gasteiger partial charge in [-0.25, -0.2) is 5.43 Å². The smallest absolute Gasteiger partial charge is 0.271 e. The second-order valence-electron chi connectivity index (χ2n) is 6.74. The SMILES string of the molecule is CC(=O)Nc1ccc(C(=O)N/N=C\c2ccc(OCc3ccc(C#N)cc3)c(Br)c2)cc1. The standard InChI is InChI=1S/C24H19BrN4O3/c1-16(30)28-21-9-7-20(8-10-21)24(31)29-27-14-19-6-11-23(22(25)12-19)32-15-18-4-2-17(13-26)3-5-18/h2-12,14H,15H2,1H3,(H,28,30)(H,29,31)/b27-14-. The van der Waals surface area contributed by atoms with Crippen LogP contribution in [-0.2, 0) is 11.4 Å². The molecule has 2 N–H and O–H groups in total. The summed E-state index contributed by atoms with van der Waals surface area (Å²) in [5.41, 5.74) is 5.83. The van der Waals surface area contributed by atoms with Crippen LogP contribution >= 0.6 is 15.9 Å². The summed E-state index contributed by atoms with van der Waals surface area (Å²) in [5.74, 6) is 0.121. The molecule has 3 aromatic carbocycles. The van der Waals surface area contributed by atoms with Gasteiger partial charge < -0.3 is 10.1 Å². The van der Waals surface area contributed by atoms with E-state index in [4.69, 9.17) is 10.00 Å². The summed E-state index contributed by atoms with van der Waals surface area (Å²) in [5, 5.41) is 15.5. The minimum Gasteiger partial charge on any atom is -0.488 e. The van der Waals surface area contributed by atoms with Gasteiger partial charge in [-0.15, -0.1) is 0 Å². The minimum atomic E-state index is -0.364. The Hall–Kier alpha value is -3.96. The van der Waals surface area contributed by atoms with E-state index in [2.05, 4.69) is 37.8 Å². The Labute approximate surface area is 193 Å². The maximum Gasteiger partial charge on any atom is 0.271 e. The van der Waals surface area contributed by atoms with Crippen molar-refractivity contribution in [3.63, 3.8) is 0 Å². The Morgan fingerprint density at radius 2 is 1.81 bits per heavy atom. The average Bonchev–Trinajstić information content (AvgIpc) is 2.79. The highest BCUT2D eigenvalue weighted by atomic mass is 79.9. The number of carbonyl (C=O) groups is 2. The maximum atomic E-state index is 12.2. The molecule has 0 spiro atoms. The zero-order valence-electron chi connectivity index (χ0n) is 17.1. The van der Waals surface area contributed by atoms with Crippen molar-refractivity contribution >= 4 is 39.6 Å². The van der Waals surface area contributed by atoms with E-state index in [0.717, 1.165) is 15.6 Å². The van der Waals surface area contributed by atoms with Gasteiger partial charge in [-0.3, -0.25) is 9.59 Å². The molecular formula is C24H19BrN4O3. The van der Waals surface area contributed by atoms with Crippen LogP contribution in [0.4, 0.5) is 5.69 Å². The molecule has 0 saturated carbocycles. The van der Waals surface area contributed by atoms with Gasteiger partial charge in [-0.2, -0.15) is 10.4 Å². The van der Waals surface area contributed by atoms with Crippen LogP contribution in [0, 0.1) is 11.3 Å². The first kappa shape index (κ1) is 22.7. The topological polar surface area (TPSA) is 104 Å². The Morgan fingerprint density at radius 1 is 1.09 bits per heavy atom. The summed E-state index contributed by atoms with van der Waals surface area (Å²) in [6.07, 6.45) is 1.53. The number of anilines is 1. The summed E-state index contributed by atoms with van der Waals surface area (Å²) in [6.45, 7) is 1.79.